The number of rotatable bonds is 4. The Hall–Kier alpha value is -0.650. The van der Waals surface area contributed by atoms with E-state index in [1.807, 2.05) is 0 Å². The van der Waals surface area contributed by atoms with E-state index < -0.39 is 0 Å². The van der Waals surface area contributed by atoms with E-state index in [2.05, 4.69) is 22.1 Å². The van der Waals surface area contributed by atoms with Gasteiger partial charge in [0.15, 0.2) is 0 Å². The van der Waals surface area contributed by atoms with Crippen LogP contribution in [0, 0.1) is 0 Å². The van der Waals surface area contributed by atoms with Crippen molar-refractivity contribution >= 4 is 5.91 Å². The highest BCUT2D eigenvalue weighted by Crippen LogP contribution is 2.23. The van der Waals surface area contributed by atoms with Crippen LogP contribution >= 0.6 is 0 Å². The second-order valence-corrected chi connectivity index (χ2v) is 5.49. The molecule has 3 N–H and O–H groups in total. The quantitative estimate of drug-likeness (QED) is 0.431. The minimum atomic E-state index is -0.0379. The summed E-state index contributed by atoms with van der Waals surface area (Å²) in [6.07, 6.45) is 5.85. The van der Waals surface area contributed by atoms with E-state index in [9.17, 15) is 4.79 Å². The fraction of sp³-hybridized carbons (Fsp3) is 0.923. The van der Waals surface area contributed by atoms with Gasteiger partial charge in [-0.1, -0.05) is 19.8 Å². The summed E-state index contributed by atoms with van der Waals surface area (Å²) in [6, 6.07) is 0.613. The summed E-state index contributed by atoms with van der Waals surface area (Å²) in [5.74, 6) is 5.28. The fourth-order valence-electron chi connectivity index (χ4n) is 3.31. The minimum Gasteiger partial charge on any atom is -0.298 e. The smallest absolute Gasteiger partial charge is 0.251 e. The van der Waals surface area contributed by atoms with Crippen LogP contribution < -0.4 is 11.3 Å². The van der Waals surface area contributed by atoms with Gasteiger partial charge >= 0.3 is 0 Å². The van der Waals surface area contributed by atoms with Crippen molar-refractivity contribution in [1.82, 2.24) is 15.2 Å². The highest BCUT2D eigenvalue weighted by Gasteiger charge is 2.34. The fourth-order valence-corrected chi connectivity index (χ4v) is 3.31. The largest absolute Gasteiger partial charge is 0.298 e. The van der Waals surface area contributed by atoms with Gasteiger partial charge in [0, 0.05) is 25.7 Å². The van der Waals surface area contributed by atoms with Crippen LogP contribution in [0.2, 0.25) is 0 Å². The number of nitrogens with two attached hydrogens (primary N) is 1. The third kappa shape index (κ3) is 3.02. The first-order valence-corrected chi connectivity index (χ1v) is 7.24. The molecule has 2 rings (SSSR count). The second-order valence-electron chi connectivity index (χ2n) is 5.49. The molecule has 104 valence electrons. The third-order valence-corrected chi connectivity index (χ3v) is 4.32. The number of hydrazine groups is 1. The molecule has 0 aliphatic carbocycles. The molecule has 2 heterocycles. The zero-order chi connectivity index (χ0) is 13.0. The van der Waals surface area contributed by atoms with Crippen molar-refractivity contribution in [3.63, 3.8) is 0 Å². The molecule has 0 saturated carbocycles. The van der Waals surface area contributed by atoms with E-state index in [0.29, 0.717) is 6.04 Å². The molecule has 2 aliphatic heterocycles. The molecule has 0 radical (unpaired) electrons. The van der Waals surface area contributed by atoms with Crippen molar-refractivity contribution in [3.05, 3.63) is 0 Å². The summed E-state index contributed by atoms with van der Waals surface area (Å²) < 4.78 is 0. The summed E-state index contributed by atoms with van der Waals surface area (Å²) in [5, 5.41) is 0. The second kappa shape index (κ2) is 6.50. The molecule has 0 aromatic rings. The van der Waals surface area contributed by atoms with Crippen molar-refractivity contribution < 1.29 is 4.79 Å². The summed E-state index contributed by atoms with van der Waals surface area (Å²) in [4.78, 5) is 16.8. The normalized spacial score (nSPS) is 27.6. The number of hydrogen-bond acceptors (Lipinski definition) is 4. The predicted octanol–water partition coefficient (Wildman–Crippen LogP) is 0.315. The van der Waals surface area contributed by atoms with Gasteiger partial charge in [-0.3, -0.25) is 20.0 Å². The molecule has 2 aliphatic rings. The van der Waals surface area contributed by atoms with Crippen molar-refractivity contribution in [1.29, 1.82) is 0 Å². The van der Waals surface area contributed by atoms with Crippen molar-refractivity contribution in [2.24, 2.45) is 5.84 Å². The van der Waals surface area contributed by atoms with Gasteiger partial charge in [0.25, 0.3) is 5.91 Å². The van der Waals surface area contributed by atoms with Gasteiger partial charge in [-0.25, -0.2) is 5.84 Å². The number of fused-ring (bicyclic) bond motifs is 1. The summed E-state index contributed by atoms with van der Waals surface area (Å²) in [7, 11) is 0. The summed E-state index contributed by atoms with van der Waals surface area (Å²) in [6.45, 7) is 6.48. The Morgan fingerprint density at radius 2 is 2.22 bits per heavy atom. The number of carbonyl (C=O) groups excluding carboxylic acids is 1. The average molecular weight is 254 g/mol. The van der Waals surface area contributed by atoms with Crippen LogP contribution in [0.1, 0.15) is 39.0 Å². The van der Waals surface area contributed by atoms with Crippen LogP contribution in [0.25, 0.3) is 0 Å². The summed E-state index contributed by atoms with van der Waals surface area (Å²) >= 11 is 0. The van der Waals surface area contributed by atoms with Crippen LogP contribution in [0.3, 0.4) is 0 Å². The number of piperidine rings is 1. The maximum absolute atomic E-state index is 11.9. The third-order valence-electron chi connectivity index (χ3n) is 4.32. The molecular weight excluding hydrogens is 228 g/mol. The first-order chi connectivity index (χ1) is 8.76. The SMILES string of the molecule is CCCC(C(=O)NN)N1CCN2CCCCC2C1. The lowest BCUT2D eigenvalue weighted by molar-refractivity contribution is -0.128. The molecule has 1 amide bonds. The number of hydrogen-bond donors (Lipinski definition) is 2. The number of amides is 1. The van der Waals surface area contributed by atoms with E-state index in [4.69, 9.17) is 5.84 Å². The molecule has 18 heavy (non-hydrogen) atoms. The highest BCUT2D eigenvalue weighted by molar-refractivity contribution is 5.81. The number of piperazine rings is 1. The van der Waals surface area contributed by atoms with Gasteiger partial charge in [0.1, 0.15) is 0 Å². The first kappa shape index (κ1) is 13.8. The lowest BCUT2D eigenvalue weighted by Crippen LogP contribution is -2.60. The van der Waals surface area contributed by atoms with E-state index in [0.717, 1.165) is 32.5 Å². The molecule has 0 aromatic carbocycles. The van der Waals surface area contributed by atoms with Crippen LogP contribution in [-0.4, -0.2) is 54.0 Å². The van der Waals surface area contributed by atoms with Crippen LogP contribution in [0.15, 0.2) is 0 Å². The Balaban J connectivity index is 1.96. The molecular formula is C13H26N4O. The van der Waals surface area contributed by atoms with E-state index in [-0.39, 0.29) is 11.9 Å². The van der Waals surface area contributed by atoms with Crippen molar-refractivity contribution in [2.45, 2.75) is 51.1 Å². The molecule has 5 heteroatoms. The van der Waals surface area contributed by atoms with E-state index >= 15 is 0 Å². The molecule has 2 atom stereocenters. The Kier molecular flexibility index (Phi) is 4.97. The molecule has 0 spiro atoms. The van der Waals surface area contributed by atoms with Crippen LogP contribution in [0.5, 0.6) is 0 Å². The van der Waals surface area contributed by atoms with Gasteiger partial charge in [0.2, 0.25) is 0 Å². The van der Waals surface area contributed by atoms with Gasteiger partial charge in [-0.2, -0.15) is 0 Å². The molecule has 0 aromatic heterocycles. The van der Waals surface area contributed by atoms with E-state index in [1.165, 1.54) is 25.8 Å². The molecule has 0 bridgehead atoms. The van der Waals surface area contributed by atoms with Gasteiger partial charge in [0.05, 0.1) is 6.04 Å². The molecule has 2 saturated heterocycles. The lowest BCUT2D eigenvalue weighted by atomic mass is 9.97. The maximum Gasteiger partial charge on any atom is 0.251 e. The standard InChI is InChI=1S/C13H26N4O/c1-2-5-12(13(18)15-14)17-9-8-16-7-4-3-6-11(16)10-17/h11-12H,2-10,14H2,1H3,(H,15,18). The Bertz CT molecular complexity index is 284. The Labute approximate surface area is 110 Å². The molecule has 2 unspecified atom stereocenters. The zero-order valence-corrected chi connectivity index (χ0v) is 11.4. The monoisotopic (exact) mass is 254 g/mol. The van der Waals surface area contributed by atoms with Crippen LogP contribution in [0.4, 0.5) is 0 Å². The highest BCUT2D eigenvalue weighted by atomic mass is 16.2. The van der Waals surface area contributed by atoms with Crippen LogP contribution in [-0.2, 0) is 4.79 Å². The number of nitrogens with one attached hydrogen (secondary N) is 1. The van der Waals surface area contributed by atoms with Gasteiger partial charge in [-0.05, 0) is 25.8 Å². The predicted molar refractivity (Wildman–Crippen MR) is 71.8 cm³/mol. The maximum atomic E-state index is 11.9. The zero-order valence-electron chi connectivity index (χ0n) is 11.4. The summed E-state index contributed by atoms with van der Waals surface area (Å²) in [5.41, 5.74) is 2.32. The topological polar surface area (TPSA) is 61.6 Å². The Morgan fingerprint density at radius 1 is 1.39 bits per heavy atom. The van der Waals surface area contributed by atoms with Gasteiger partial charge < -0.3 is 0 Å². The minimum absolute atomic E-state index is 0.0268. The lowest BCUT2D eigenvalue weighted by Gasteiger charge is -2.46. The average Bonchev–Trinajstić information content (AvgIpc) is 2.43. The Morgan fingerprint density at radius 3 is 2.94 bits per heavy atom. The van der Waals surface area contributed by atoms with Gasteiger partial charge in [-0.15, -0.1) is 0 Å². The molecule has 5 nitrogen and oxygen atoms in total. The van der Waals surface area contributed by atoms with E-state index in [1.54, 1.807) is 0 Å². The number of nitrogens with zero attached hydrogens (tertiary/aromatic N) is 2. The molecule has 2 fully saturated rings. The van der Waals surface area contributed by atoms with Crippen molar-refractivity contribution in [3.8, 4) is 0 Å². The van der Waals surface area contributed by atoms with Crippen molar-refractivity contribution in [2.75, 3.05) is 26.2 Å². The number of carbonyl (C=O) groups is 1. The first-order valence-electron chi connectivity index (χ1n) is 7.24.